The normalized spacial score (nSPS) is 11.9. The fourth-order valence-electron chi connectivity index (χ4n) is 0.951. The zero-order chi connectivity index (χ0) is 11.7. The van der Waals surface area contributed by atoms with Gasteiger partial charge in [0.25, 0.3) is 0 Å². The highest BCUT2D eigenvalue weighted by atomic mass is 16.5. The highest BCUT2D eigenvalue weighted by Crippen LogP contribution is 1.99. The smallest absolute Gasteiger partial charge is 0.314 e. The third kappa shape index (κ3) is 6.73. The molecule has 0 heterocycles. The van der Waals surface area contributed by atoms with Crippen molar-refractivity contribution < 1.29 is 19.4 Å². The fourth-order valence-corrected chi connectivity index (χ4v) is 0.951. The summed E-state index contributed by atoms with van der Waals surface area (Å²) in [6.45, 7) is 2.75. The predicted octanol–water partition coefficient (Wildman–Crippen LogP) is 0.0428. The van der Waals surface area contributed by atoms with Gasteiger partial charge in [-0.05, 0) is 6.42 Å². The van der Waals surface area contributed by atoms with Gasteiger partial charge in [0.15, 0.2) is 0 Å². The van der Waals surface area contributed by atoms with Gasteiger partial charge in [-0.2, -0.15) is 0 Å². The van der Waals surface area contributed by atoms with Crippen LogP contribution in [0.1, 0.15) is 13.3 Å². The Kier molecular flexibility index (Phi) is 7.35. The summed E-state index contributed by atoms with van der Waals surface area (Å²) in [5, 5.41) is 13.7. The molecule has 0 aromatic heterocycles. The third-order valence-electron chi connectivity index (χ3n) is 1.94. The SMILES string of the molecule is CCC(CNC(=O)NCCOC)C(=O)O. The molecule has 0 aliphatic rings. The molecule has 0 spiro atoms. The summed E-state index contributed by atoms with van der Waals surface area (Å²) in [6, 6.07) is -0.369. The average molecular weight is 218 g/mol. The van der Waals surface area contributed by atoms with Crippen LogP contribution in [0.3, 0.4) is 0 Å². The van der Waals surface area contributed by atoms with Crippen LogP contribution in [0.4, 0.5) is 4.79 Å². The lowest BCUT2D eigenvalue weighted by atomic mass is 10.1. The summed E-state index contributed by atoms with van der Waals surface area (Å²) >= 11 is 0. The van der Waals surface area contributed by atoms with Crippen LogP contribution in [0.15, 0.2) is 0 Å². The maximum atomic E-state index is 11.1. The molecule has 0 radical (unpaired) electrons. The van der Waals surface area contributed by atoms with E-state index in [0.29, 0.717) is 19.6 Å². The molecule has 2 amide bonds. The Morgan fingerprint density at radius 1 is 1.40 bits per heavy atom. The van der Waals surface area contributed by atoms with E-state index in [1.807, 2.05) is 0 Å². The molecular formula is C9H18N2O4. The number of methoxy groups -OCH3 is 1. The molecule has 1 unspecified atom stereocenters. The minimum Gasteiger partial charge on any atom is -0.481 e. The van der Waals surface area contributed by atoms with E-state index in [0.717, 1.165) is 0 Å². The number of rotatable bonds is 7. The summed E-state index contributed by atoms with van der Waals surface area (Å²) in [5.41, 5.74) is 0. The first-order chi connectivity index (χ1) is 7.11. The van der Waals surface area contributed by atoms with Crippen LogP contribution < -0.4 is 10.6 Å². The van der Waals surface area contributed by atoms with Crippen LogP contribution in [0, 0.1) is 5.92 Å². The predicted molar refractivity (Wildman–Crippen MR) is 54.7 cm³/mol. The zero-order valence-electron chi connectivity index (χ0n) is 9.08. The van der Waals surface area contributed by atoms with Gasteiger partial charge in [0.2, 0.25) is 0 Å². The number of nitrogens with one attached hydrogen (secondary N) is 2. The fraction of sp³-hybridized carbons (Fsp3) is 0.778. The molecule has 0 aliphatic carbocycles. The van der Waals surface area contributed by atoms with Gasteiger partial charge in [-0.25, -0.2) is 4.79 Å². The van der Waals surface area contributed by atoms with Gasteiger partial charge in [0, 0.05) is 20.2 Å². The molecule has 15 heavy (non-hydrogen) atoms. The van der Waals surface area contributed by atoms with Crippen molar-refractivity contribution in [1.82, 2.24) is 10.6 Å². The van der Waals surface area contributed by atoms with E-state index < -0.39 is 11.9 Å². The lowest BCUT2D eigenvalue weighted by Gasteiger charge is -2.11. The van der Waals surface area contributed by atoms with E-state index in [9.17, 15) is 9.59 Å². The van der Waals surface area contributed by atoms with Crippen molar-refractivity contribution in [1.29, 1.82) is 0 Å². The number of carbonyl (C=O) groups excluding carboxylic acids is 1. The first-order valence-corrected chi connectivity index (χ1v) is 4.85. The van der Waals surface area contributed by atoms with Crippen molar-refractivity contribution in [3.8, 4) is 0 Å². The second kappa shape index (κ2) is 8.05. The maximum absolute atomic E-state index is 11.1. The zero-order valence-corrected chi connectivity index (χ0v) is 9.08. The first-order valence-electron chi connectivity index (χ1n) is 4.85. The number of carboxylic acids is 1. The second-order valence-electron chi connectivity index (χ2n) is 3.07. The van der Waals surface area contributed by atoms with Gasteiger partial charge >= 0.3 is 12.0 Å². The molecule has 0 bridgehead atoms. The highest BCUT2D eigenvalue weighted by Gasteiger charge is 2.15. The molecular weight excluding hydrogens is 200 g/mol. The monoisotopic (exact) mass is 218 g/mol. The van der Waals surface area contributed by atoms with Gasteiger partial charge < -0.3 is 20.5 Å². The van der Waals surface area contributed by atoms with Crippen molar-refractivity contribution in [3.63, 3.8) is 0 Å². The second-order valence-corrected chi connectivity index (χ2v) is 3.07. The molecule has 0 saturated heterocycles. The Bertz CT molecular complexity index is 208. The van der Waals surface area contributed by atoms with Gasteiger partial charge in [-0.3, -0.25) is 4.79 Å². The van der Waals surface area contributed by atoms with Crippen LogP contribution in [0.25, 0.3) is 0 Å². The maximum Gasteiger partial charge on any atom is 0.314 e. The Hall–Kier alpha value is -1.30. The van der Waals surface area contributed by atoms with E-state index >= 15 is 0 Å². The van der Waals surface area contributed by atoms with E-state index in [-0.39, 0.29) is 12.6 Å². The van der Waals surface area contributed by atoms with Crippen LogP contribution in [0.5, 0.6) is 0 Å². The topological polar surface area (TPSA) is 87.7 Å². The lowest BCUT2D eigenvalue weighted by Crippen LogP contribution is -2.40. The summed E-state index contributed by atoms with van der Waals surface area (Å²) in [7, 11) is 1.54. The summed E-state index contributed by atoms with van der Waals surface area (Å²) < 4.78 is 4.74. The molecule has 1 atom stereocenters. The van der Waals surface area contributed by atoms with E-state index in [1.54, 1.807) is 6.92 Å². The van der Waals surface area contributed by atoms with Crippen LogP contribution >= 0.6 is 0 Å². The van der Waals surface area contributed by atoms with Gasteiger partial charge in [-0.1, -0.05) is 6.92 Å². The van der Waals surface area contributed by atoms with Crippen LogP contribution in [-0.2, 0) is 9.53 Å². The number of aliphatic carboxylic acids is 1. The quantitative estimate of drug-likeness (QED) is 0.526. The van der Waals surface area contributed by atoms with Crippen LogP contribution in [-0.4, -0.2) is 43.9 Å². The summed E-state index contributed by atoms with van der Waals surface area (Å²) in [5.74, 6) is -1.42. The number of urea groups is 1. The third-order valence-corrected chi connectivity index (χ3v) is 1.94. The van der Waals surface area contributed by atoms with Crippen LogP contribution in [0.2, 0.25) is 0 Å². The lowest BCUT2D eigenvalue weighted by molar-refractivity contribution is -0.141. The van der Waals surface area contributed by atoms with Gasteiger partial charge in [0.05, 0.1) is 12.5 Å². The number of amides is 2. The minimum absolute atomic E-state index is 0.144. The molecule has 3 N–H and O–H groups in total. The molecule has 6 heteroatoms. The largest absolute Gasteiger partial charge is 0.481 e. The van der Waals surface area contributed by atoms with E-state index in [2.05, 4.69) is 10.6 Å². The molecule has 0 aromatic rings. The Labute approximate surface area is 89.0 Å². The van der Waals surface area contributed by atoms with E-state index in [1.165, 1.54) is 7.11 Å². The Morgan fingerprint density at radius 3 is 2.53 bits per heavy atom. The van der Waals surface area contributed by atoms with E-state index in [4.69, 9.17) is 9.84 Å². The molecule has 6 nitrogen and oxygen atoms in total. The van der Waals surface area contributed by atoms with Crippen molar-refractivity contribution in [2.45, 2.75) is 13.3 Å². The van der Waals surface area contributed by atoms with Gasteiger partial charge in [-0.15, -0.1) is 0 Å². The highest BCUT2D eigenvalue weighted by molar-refractivity contribution is 5.75. The van der Waals surface area contributed by atoms with Crippen molar-refractivity contribution >= 4 is 12.0 Å². The number of hydrogen-bond acceptors (Lipinski definition) is 3. The van der Waals surface area contributed by atoms with Crippen molar-refractivity contribution in [2.24, 2.45) is 5.92 Å². The molecule has 0 rings (SSSR count). The molecule has 0 aliphatic heterocycles. The number of carbonyl (C=O) groups is 2. The minimum atomic E-state index is -0.894. The van der Waals surface area contributed by atoms with Crippen molar-refractivity contribution in [3.05, 3.63) is 0 Å². The molecule has 0 aromatic carbocycles. The summed E-state index contributed by atoms with van der Waals surface area (Å²) in [6.07, 6.45) is 0.494. The number of carboxylic acid groups (broad SMARTS) is 1. The summed E-state index contributed by atoms with van der Waals surface area (Å²) in [4.78, 5) is 21.7. The number of ether oxygens (including phenoxy) is 1. The first kappa shape index (κ1) is 13.7. The molecule has 88 valence electrons. The standard InChI is InChI=1S/C9H18N2O4/c1-3-7(8(12)13)6-11-9(14)10-4-5-15-2/h7H,3-6H2,1-2H3,(H,12,13)(H2,10,11,14). The number of hydrogen-bond donors (Lipinski definition) is 3. The van der Waals surface area contributed by atoms with Crippen molar-refractivity contribution in [2.75, 3.05) is 26.8 Å². The van der Waals surface area contributed by atoms with Gasteiger partial charge in [0.1, 0.15) is 0 Å². The molecule has 0 saturated carbocycles. The molecule has 0 fully saturated rings. The Morgan fingerprint density at radius 2 is 2.07 bits per heavy atom. The average Bonchev–Trinajstić information content (AvgIpc) is 2.18. The Balaban J connectivity index is 3.64.